The van der Waals surface area contributed by atoms with Crippen LogP contribution in [0, 0.1) is 11.8 Å². The van der Waals surface area contributed by atoms with E-state index in [4.69, 9.17) is 0 Å². The van der Waals surface area contributed by atoms with Gasteiger partial charge in [0.1, 0.15) is 5.54 Å². The highest BCUT2D eigenvalue weighted by Gasteiger charge is 2.66. The highest BCUT2D eigenvalue weighted by Crippen LogP contribution is 2.53. The Morgan fingerprint density at radius 2 is 1.53 bits per heavy atom. The lowest BCUT2D eigenvalue weighted by molar-refractivity contribution is -0.199. The summed E-state index contributed by atoms with van der Waals surface area (Å²) in [4.78, 5) is 1.70. The second kappa shape index (κ2) is 4.43. The lowest BCUT2D eigenvalue weighted by Gasteiger charge is -2.38. The van der Waals surface area contributed by atoms with Crippen molar-refractivity contribution >= 4 is 0 Å². The summed E-state index contributed by atoms with van der Waals surface area (Å²) in [5.41, 5.74) is -1.49. The first-order chi connectivity index (χ1) is 7.85. The van der Waals surface area contributed by atoms with Crippen LogP contribution in [0.1, 0.15) is 26.7 Å². The summed E-state index contributed by atoms with van der Waals surface area (Å²) in [6.45, 7) is 6.77. The van der Waals surface area contributed by atoms with Crippen LogP contribution in [0.15, 0.2) is 0 Å². The maximum Gasteiger partial charge on any atom is 0.406 e. The zero-order chi connectivity index (χ0) is 12.7. The van der Waals surface area contributed by atoms with E-state index in [2.05, 4.69) is 5.32 Å². The second-order valence-corrected chi connectivity index (χ2v) is 5.80. The summed E-state index contributed by atoms with van der Waals surface area (Å²) in [5.74, 6) is 0.560. The number of nitrogens with zero attached hydrogens (tertiary/aromatic N) is 1. The van der Waals surface area contributed by atoms with Gasteiger partial charge in [-0.2, -0.15) is 13.2 Å². The van der Waals surface area contributed by atoms with Crippen LogP contribution in [0.5, 0.6) is 0 Å². The molecule has 0 aromatic rings. The van der Waals surface area contributed by atoms with E-state index < -0.39 is 11.7 Å². The lowest BCUT2D eigenvalue weighted by atomic mass is 10.0. The smallest absolute Gasteiger partial charge is 0.316 e. The van der Waals surface area contributed by atoms with E-state index in [9.17, 15) is 13.2 Å². The monoisotopic (exact) mass is 250 g/mol. The summed E-state index contributed by atoms with van der Waals surface area (Å²) < 4.78 is 39.3. The van der Waals surface area contributed by atoms with E-state index in [1.54, 1.807) is 4.90 Å². The molecule has 1 saturated heterocycles. The van der Waals surface area contributed by atoms with Crippen molar-refractivity contribution in [3.05, 3.63) is 0 Å². The largest absolute Gasteiger partial charge is 0.406 e. The lowest BCUT2D eigenvalue weighted by Crippen LogP contribution is -2.54. The molecule has 2 rings (SSSR count). The third-order valence-electron chi connectivity index (χ3n) is 3.91. The fourth-order valence-corrected chi connectivity index (χ4v) is 2.78. The quantitative estimate of drug-likeness (QED) is 0.768. The molecule has 2 fully saturated rings. The van der Waals surface area contributed by atoms with Gasteiger partial charge in [0.25, 0.3) is 0 Å². The van der Waals surface area contributed by atoms with Gasteiger partial charge in [-0.3, -0.25) is 4.90 Å². The van der Waals surface area contributed by atoms with Crippen LogP contribution in [0.2, 0.25) is 0 Å². The first-order valence-electron chi connectivity index (χ1n) is 6.37. The normalized spacial score (nSPS) is 35.1. The topological polar surface area (TPSA) is 15.3 Å². The van der Waals surface area contributed by atoms with Crippen molar-refractivity contribution in [3.63, 3.8) is 0 Å². The Labute approximate surface area is 101 Å². The molecular weight excluding hydrogens is 229 g/mol. The number of halogens is 3. The fourth-order valence-electron chi connectivity index (χ4n) is 2.78. The van der Waals surface area contributed by atoms with Crippen molar-refractivity contribution in [1.29, 1.82) is 0 Å². The van der Waals surface area contributed by atoms with E-state index in [-0.39, 0.29) is 24.7 Å². The van der Waals surface area contributed by atoms with Gasteiger partial charge >= 0.3 is 6.18 Å². The van der Waals surface area contributed by atoms with E-state index in [0.29, 0.717) is 13.1 Å². The van der Waals surface area contributed by atoms with Crippen molar-refractivity contribution in [2.75, 3.05) is 26.2 Å². The molecule has 17 heavy (non-hydrogen) atoms. The van der Waals surface area contributed by atoms with Gasteiger partial charge < -0.3 is 5.32 Å². The third-order valence-corrected chi connectivity index (χ3v) is 3.91. The van der Waals surface area contributed by atoms with Gasteiger partial charge in [-0.15, -0.1) is 0 Å². The van der Waals surface area contributed by atoms with Crippen molar-refractivity contribution in [2.24, 2.45) is 11.8 Å². The first kappa shape index (κ1) is 13.1. The maximum absolute atomic E-state index is 13.1. The van der Waals surface area contributed by atoms with Crippen molar-refractivity contribution in [2.45, 2.75) is 38.4 Å². The minimum absolute atomic E-state index is 0.280. The Morgan fingerprint density at radius 1 is 1.06 bits per heavy atom. The molecule has 2 atom stereocenters. The number of alkyl halides is 3. The molecule has 0 spiro atoms. The summed E-state index contributed by atoms with van der Waals surface area (Å²) in [7, 11) is 0. The molecule has 100 valence electrons. The second-order valence-electron chi connectivity index (χ2n) is 5.80. The summed E-state index contributed by atoms with van der Waals surface area (Å²) >= 11 is 0. The Kier molecular flexibility index (Phi) is 3.42. The summed E-state index contributed by atoms with van der Waals surface area (Å²) in [6.07, 6.45) is -3.51. The highest BCUT2D eigenvalue weighted by atomic mass is 19.4. The standard InChI is InChI=1S/C12H21F3N2/c1-9-5-16-6-10(2)8-17(7-9)11(3-4-11)12(13,14)15/h9-10,16H,3-8H2,1-2H3. The van der Waals surface area contributed by atoms with Crippen LogP contribution in [0.25, 0.3) is 0 Å². The van der Waals surface area contributed by atoms with E-state index >= 15 is 0 Å². The van der Waals surface area contributed by atoms with Gasteiger partial charge in [0.2, 0.25) is 0 Å². The molecule has 1 aliphatic heterocycles. The minimum atomic E-state index is -4.07. The number of nitrogens with one attached hydrogen (secondary N) is 1. The SMILES string of the molecule is CC1CNCC(C)CN(C2(C(F)(F)F)CC2)C1. The fraction of sp³-hybridized carbons (Fsp3) is 1.00. The van der Waals surface area contributed by atoms with Crippen molar-refractivity contribution in [3.8, 4) is 0 Å². The van der Waals surface area contributed by atoms with E-state index in [1.807, 2.05) is 13.8 Å². The predicted molar refractivity (Wildman–Crippen MR) is 60.8 cm³/mol. The molecular formula is C12H21F3N2. The van der Waals surface area contributed by atoms with E-state index in [1.165, 1.54) is 0 Å². The molecule has 0 amide bonds. The Morgan fingerprint density at radius 3 is 1.88 bits per heavy atom. The van der Waals surface area contributed by atoms with Crippen LogP contribution in [-0.4, -0.2) is 42.8 Å². The highest BCUT2D eigenvalue weighted by molar-refractivity contribution is 5.10. The molecule has 0 aromatic carbocycles. The van der Waals surface area contributed by atoms with E-state index in [0.717, 1.165) is 13.1 Å². The van der Waals surface area contributed by atoms with Crippen molar-refractivity contribution < 1.29 is 13.2 Å². The molecule has 2 aliphatic rings. The zero-order valence-electron chi connectivity index (χ0n) is 10.5. The van der Waals surface area contributed by atoms with Gasteiger partial charge in [0, 0.05) is 13.1 Å². The first-order valence-corrected chi connectivity index (χ1v) is 6.37. The number of hydrogen-bond acceptors (Lipinski definition) is 2. The van der Waals surface area contributed by atoms with Gasteiger partial charge in [-0.05, 0) is 37.8 Å². The average Bonchev–Trinajstić information content (AvgIpc) is 2.93. The van der Waals surface area contributed by atoms with Crippen LogP contribution in [0.4, 0.5) is 13.2 Å². The summed E-state index contributed by atoms with van der Waals surface area (Å²) in [6, 6.07) is 0. The molecule has 1 N–H and O–H groups in total. The average molecular weight is 250 g/mol. The maximum atomic E-state index is 13.1. The molecule has 0 aromatic heterocycles. The van der Waals surface area contributed by atoms with Gasteiger partial charge in [-0.25, -0.2) is 0 Å². The van der Waals surface area contributed by atoms with Crippen molar-refractivity contribution in [1.82, 2.24) is 10.2 Å². The third kappa shape index (κ3) is 2.60. The molecule has 1 saturated carbocycles. The van der Waals surface area contributed by atoms with Crippen LogP contribution >= 0.6 is 0 Å². The number of hydrogen-bond donors (Lipinski definition) is 1. The van der Waals surface area contributed by atoms with Gasteiger partial charge in [-0.1, -0.05) is 13.8 Å². The van der Waals surface area contributed by atoms with Crippen LogP contribution in [0.3, 0.4) is 0 Å². The Bertz CT molecular complexity index is 261. The molecule has 5 heteroatoms. The van der Waals surface area contributed by atoms with Crippen LogP contribution < -0.4 is 5.32 Å². The molecule has 2 nitrogen and oxygen atoms in total. The molecule has 1 heterocycles. The number of rotatable bonds is 1. The zero-order valence-corrected chi connectivity index (χ0v) is 10.5. The van der Waals surface area contributed by atoms with Gasteiger partial charge in [0.05, 0.1) is 0 Å². The minimum Gasteiger partial charge on any atom is -0.316 e. The Balaban J connectivity index is 2.11. The predicted octanol–water partition coefficient (Wildman–Crippen LogP) is 2.26. The molecule has 1 aliphatic carbocycles. The molecule has 2 unspecified atom stereocenters. The summed E-state index contributed by atoms with van der Waals surface area (Å²) in [5, 5.41) is 3.31. The van der Waals surface area contributed by atoms with Gasteiger partial charge in [0.15, 0.2) is 0 Å². The Hall–Kier alpha value is -0.290. The molecule has 0 bridgehead atoms. The molecule has 0 radical (unpaired) electrons. The van der Waals surface area contributed by atoms with Crippen LogP contribution in [-0.2, 0) is 0 Å².